The molecule has 0 bridgehead atoms. The zero-order valence-corrected chi connectivity index (χ0v) is 18.2. The van der Waals surface area contributed by atoms with Crippen molar-refractivity contribution < 1.29 is 9.59 Å². The summed E-state index contributed by atoms with van der Waals surface area (Å²) in [7, 11) is 0. The third-order valence-corrected chi connectivity index (χ3v) is 6.18. The molecule has 5 heteroatoms. The van der Waals surface area contributed by atoms with Crippen LogP contribution in [0.25, 0.3) is 0 Å². The number of hydrogen-bond acceptors (Lipinski definition) is 3. The summed E-state index contributed by atoms with van der Waals surface area (Å²) in [5.41, 5.74) is 0.0243. The topological polar surface area (TPSA) is 52.7 Å². The number of nitrogens with one attached hydrogen (secondary N) is 1. The Bertz CT molecular complexity index is 486. The zero-order valence-electron chi connectivity index (χ0n) is 18.2. The lowest BCUT2D eigenvalue weighted by Crippen LogP contribution is -2.58. The Morgan fingerprint density at radius 1 is 1.07 bits per heavy atom. The largest absolute Gasteiger partial charge is 0.354 e. The van der Waals surface area contributed by atoms with Crippen LogP contribution in [0.2, 0.25) is 0 Å². The standard InChI is InChI=1S/C22H41N3O2/c1-6-17(2)16-23-21(27)20(18-9-7-8-10-18)25-13-11-24(12-14-25)19(26)15-22(3,4)5/h17-18,20H,6-16H2,1-5H3,(H,23,27)/t17-,20-/m0/s1. The molecule has 2 atom stereocenters. The van der Waals surface area contributed by atoms with Gasteiger partial charge in [-0.1, -0.05) is 53.9 Å². The van der Waals surface area contributed by atoms with E-state index < -0.39 is 0 Å². The molecule has 1 N–H and O–H groups in total. The summed E-state index contributed by atoms with van der Waals surface area (Å²) in [5.74, 6) is 1.45. The van der Waals surface area contributed by atoms with Gasteiger partial charge in [-0.15, -0.1) is 0 Å². The van der Waals surface area contributed by atoms with Crippen LogP contribution >= 0.6 is 0 Å². The lowest BCUT2D eigenvalue weighted by atomic mass is 9.91. The van der Waals surface area contributed by atoms with Gasteiger partial charge in [-0.05, 0) is 30.1 Å². The van der Waals surface area contributed by atoms with Crippen LogP contribution in [0.4, 0.5) is 0 Å². The Labute approximate surface area is 166 Å². The van der Waals surface area contributed by atoms with Crippen molar-refractivity contribution in [2.45, 2.75) is 79.2 Å². The van der Waals surface area contributed by atoms with E-state index in [2.05, 4.69) is 44.8 Å². The number of piperazine rings is 1. The molecule has 1 heterocycles. The molecule has 0 spiro atoms. The molecule has 2 aliphatic rings. The van der Waals surface area contributed by atoms with Crippen LogP contribution in [-0.4, -0.2) is 60.4 Å². The van der Waals surface area contributed by atoms with E-state index in [1.807, 2.05) is 4.90 Å². The van der Waals surface area contributed by atoms with Crippen LogP contribution in [0.15, 0.2) is 0 Å². The van der Waals surface area contributed by atoms with Crippen LogP contribution in [0.3, 0.4) is 0 Å². The monoisotopic (exact) mass is 379 g/mol. The lowest BCUT2D eigenvalue weighted by molar-refractivity contribution is -0.136. The maximum atomic E-state index is 13.0. The average Bonchev–Trinajstić information content (AvgIpc) is 3.13. The molecule has 27 heavy (non-hydrogen) atoms. The van der Waals surface area contributed by atoms with E-state index in [-0.39, 0.29) is 23.3 Å². The highest BCUT2D eigenvalue weighted by Crippen LogP contribution is 2.31. The fraction of sp³-hybridized carbons (Fsp3) is 0.909. The Kier molecular flexibility index (Phi) is 8.14. The van der Waals surface area contributed by atoms with Gasteiger partial charge in [-0.3, -0.25) is 14.5 Å². The summed E-state index contributed by atoms with van der Waals surface area (Å²) in [6.07, 6.45) is 6.47. The highest BCUT2D eigenvalue weighted by atomic mass is 16.2. The number of nitrogens with zero attached hydrogens (tertiary/aromatic N) is 2. The number of rotatable bonds is 7. The molecule has 2 rings (SSSR count). The van der Waals surface area contributed by atoms with Crippen molar-refractivity contribution in [2.24, 2.45) is 17.3 Å². The fourth-order valence-electron chi connectivity index (χ4n) is 4.29. The summed E-state index contributed by atoms with van der Waals surface area (Å²) < 4.78 is 0. The molecule has 1 aliphatic carbocycles. The molecule has 156 valence electrons. The smallest absolute Gasteiger partial charge is 0.237 e. The lowest BCUT2D eigenvalue weighted by Gasteiger charge is -2.41. The van der Waals surface area contributed by atoms with E-state index in [1.54, 1.807) is 0 Å². The Morgan fingerprint density at radius 2 is 1.67 bits per heavy atom. The molecule has 0 unspecified atom stereocenters. The maximum Gasteiger partial charge on any atom is 0.237 e. The molecule has 2 fully saturated rings. The first-order chi connectivity index (χ1) is 12.7. The highest BCUT2D eigenvalue weighted by Gasteiger charge is 2.37. The van der Waals surface area contributed by atoms with Gasteiger partial charge in [0, 0.05) is 39.1 Å². The van der Waals surface area contributed by atoms with Crippen LogP contribution < -0.4 is 5.32 Å². The van der Waals surface area contributed by atoms with Crippen molar-refractivity contribution >= 4 is 11.8 Å². The van der Waals surface area contributed by atoms with Gasteiger partial charge in [-0.25, -0.2) is 0 Å². The molecular formula is C22H41N3O2. The normalized spacial score (nSPS) is 21.9. The third kappa shape index (κ3) is 6.78. The van der Waals surface area contributed by atoms with E-state index in [0.29, 0.717) is 18.3 Å². The molecule has 1 saturated carbocycles. The Hall–Kier alpha value is -1.10. The van der Waals surface area contributed by atoms with Crippen molar-refractivity contribution in [3.05, 3.63) is 0 Å². The Balaban J connectivity index is 1.94. The van der Waals surface area contributed by atoms with Crippen molar-refractivity contribution in [2.75, 3.05) is 32.7 Å². The first-order valence-corrected chi connectivity index (χ1v) is 11.0. The first kappa shape index (κ1) is 22.2. The summed E-state index contributed by atoms with van der Waals surface area (Å²) in [6, 6.07) is -0.0172. The van der Waals surface area contributed by atoms with Gasteiger partial charge in [0.25, 0.3) is 0 Å². The van der Waals surface area contributed by atoms with Crippen molar-refractivity contribution in [1.82, 2.24) is 15.1 Å². The van der Waals surface area contributed by atoms with Gasteiger partial charge in [0.2, 0.25) is 11.8 Å². The van der Waals surface area contributed by atoms with Gasteiger partial charge in [-0.2, -0.15) is 0 Å². The molecule has 0 aromatic carbocycles. The van der Waals surface area contributed by atoms with E-state index in [9.17, 15) is 9.59 Å². The third-order valence-electron chi connectivity index (χ3n) is 6.18. The zero-order chi connectivity index (χ0) is 20.0. The second kappa shape index (κ2) is 9.90. The van der Waals surface area contributed by atoms with Gasteiger partial charge in [0.05, 0.1) is 6.04 Å². The van der Waals surface area contributed by atoms with E-state index in [0.717, 1.165) is 52.0 Å². The van der Waals surface area contributed by atoms with E-state index >= 15 is 0 Å². The van der Waals surface area contributed by atoms with E-state index in [1.165, 1.54) is 12.8 Å². The predicted octanol–water partition coefficient (Wildman–Crippen LogP) is 3.29. The van der Waals surface area contributed by atoms with Crippen LogP contribution in [0.5, 0.6) is 0 Å². The number of hydrogen-bond donors (Lipinski definition) is 1. The summed E-state index contributed by atoms with van der Waals surface area (Å²) >= 11 is 0. The molecular weight excluding hydrogens is 338 g/mol. The fourth-order valence-corrected chi connectivity index (χ4v) is 4.29. The number of amides is 2. The summed E-state index contributed by atoms with van der Waals surface area (Å²) in [6.45, 7) is 14.6. The van der Waals surface area contributed by atoms with Crippen LogP contribution in [-0.2, 0) is 9.59 Å². The quantitative estimate of drug-likeness (QED) is 0.738. The first-order valence-electron chi connectivity index (χ1n) is 11.0. The molecule has 0 aromatic rings. The predicted molar refractivity (Wildman–Crippen MR) is 110 cm³/mol. The van der Waals surface area contributed by atoms with Crippen LogP contribution in [0.1, 0.15) is 73.1 Å². The Morgan fingerprint density at radius 3 is 2.19 bits per heavy atom. The van der Waals surface area contributed by atoms with Crippen molar-refractivity contribution in [3.8, 4) is 0 Å². The summed E-state index contributed by atoms with van der Waals surface area (Å²) in [4.78, 5) is 29.9. The molecule has 1 aliphatic heterocycles. The molecule has 5 nitrogen and oxygen atoms in total. The van der Waals surface area contributed by atoms with Crippen molar-refractivity contribution in [3.63, 3.8) is 0 Å². The average molecular weight is 380 g/mol. The van der Waals surface area contributed by atoms with Crippen molar-refractivity contribution in [1.29, 1.82) is 0 Å². The minimum absolute atomic E-state index is 0.0172. The van der Waals surface area contributed by atoms with Gasteiger partial charge >= 0.3 is 0 Å². The SMILES string of the molecule is CC[C@H](C)CNC(=O)[C@H](C1CCCC1)N1CCN(C(=O)CC(C)(C)C)CC1. The second-order valence-electron chi connectivity index (χ2n) is 9.90. The number of carbonyl (C=O) groups excluding carboxylic acids is 2. The van der Waals surface area contributed by atoms with Gasteiger partial charge in [0.15, 0.2) is 0 Å². The molecule has 0 radical (unpaired) electrons. The minimum atomic E-state index is -0.0172. The second-order valence-corrected chi connectivity index (χ2v) is 9.90. The molecule has 0 aromatic heterocycles. The maximum absolute atomic E-state index is 13.0. The summed E-state index contributed by atoms with van der Waals surface area (Å²) in [5, 5.41) is 3.21. The van der Waals surface area contributed by atoms with E-state index in [4.69, 9.17) is 0 Å². The van der Waals surface area contributed by atoms with Crippen LogP contribution in [0, 0.1) is 17.3 Å². The molecule has 2 amide bonds. The van der Waals surface area contributed by atoms with Gasteiger partial charge in [0.1, 0.15) is 0 Å². The van der Waals surface area contributed by atoms with Gasteiger partial charge < -0.3 is 10.2 Å². The minimum Gasteiger partial charge on any atom is -0.354 e. The highest BCUT2D eigenvalue weighted by molar-refractivity contribution is 5.82. The number of carbonyl (C=O) groups is 2. The molecule has 1 saturated heterocycles.